The monoisotopic (exact) mass is 852 g/mol. The molecule has 0 unspecified atom stereocenters. The fraction of sp³-hybridized carbons (Fsp3) is 0.178. The second-order valence-corrected chi connectivity index (χ2v) is 15.8. The maximum atomic E-state index is 13.2. The summed E-state index contributed by atoms with van der Waals surface area (Å²) in [5.74, 6) is -0.163. The van der Waals surface area contributed by atoms with Crippen molar-refractivity contribution in [2.45, 2.75) is 52.4 Å². The first-order chi connectivity index (χ1) is 22.4. The van der Waals surface area contributed by atoms with E-state index in [-0.39, 0.29) is 41.5 Å². The molecular formula is C45H43Cl2FHf-2. The van der Waals surface area contributed by atoms with E-state index < -0.39 is 0 Å². The number of halogens is 3. The van der Waals surface area contributed by atoms with E-state index in [1.165, 1.54) is 53.1 Å². The van der Waals surface area contributed by atoms with E-state index >= 15 is 0 Å². The van der Waals surface area contributed by atoms with Gasteiger partial charge in [0.05, 0.1) is 5.82 Å². The van der Waals surface area contributed by atoms with Crippen LogP contribution in [0.1, 0.15) is 63.8 Å². The Hall–Kier alpha value is -3.43. The van der Waals surface area contributed by atoms with Crippen LogP contribution in [0.5, 0.6) is 0 Å². The van der Waals surface area contributed by atoms with Crippen LogP contribution in [0.15, 0.2) is 152 Å². The van der Waals surface area contributed by atoms with Crippen molar-refractivity contribution in [3.8, 4) is 11.1 Å². The van der Waals surface area contributed by atoms with Crippen LogP contribution in [-0.4, -0.2) is 3.26 Å². The number of hydrogen-bond donors (Lipinski definition) is 0. The number of hydrogen-bond acceptors (Lipinski definition) is 0. The average Bonchev–Trinajstić information content (AvgIpc) is 3.73. The predicted molar refractivity (Wildman–Crippen MR) is 198 cm³/mol. The van der Waals surface area contributed by atoms with Crippen LogP contribution in [0.3, 0.4) is 0 Å². The van der Waals surface area contributed by atoms with Crippen LogP contribution in [-0.2, 0) is 34.7 Å². The fourth-order valence-corrected chi connectivity index (χ4v) is 6.78. The van der Waals surface area contributed by atoms with E-state index in [0.717, 1.165) is 29.5 Å². The molecule has 0 radical (unpaired) electrons. The molecule has 0 amide bonds. The van der Waals surface area contributed by atoms with Gasteiger partial charge in [-0.3, -0.25) is 0 Å². The topological polar surface area (TPSA) is 0 Å². The number of rotatable bonds is 3. The molecule has 0 nitrogen and oxygen atoms in total. The minimum absolute atomic E-state index is 0. The minimum atomic E-state index is -0.163. The molecule has 0 heterocycles. The molecule has 7 aromatic carbocycles. The zero-order valence-corrected chi connectivity index (χ0v) is 34.2. The van der Waals surface area contributed by atoms with Gasteiger partial charge in [-0.25, -0.2) is 4.39 Å². The van der Waals surface area contributed by atoms with Crippen LogP contribution in [0.25, 0.3) is 32.7 Å². The van der Waals surface area contributed by atoms with Gasteiger partial charge in [-0.1, -0.05) is 101 Å². The first kappa shape index (κ1) is 40.0. The van der Waals surface area contributed by atoms with Gasteiger partial charge in [0.2, 0.25) is 0 Å². The van der Waals surface area contributed by atoms with Crippen LogP contribution >= 0.6 is 0 Å². The van der Waals surface area contributed by atoms with Crippen molar-refractivity contribution in [1.29, 1.82) is 0 Å². The van der Waals surface area contributed by atoms with Gasteiger partial charge in [0.1, 0.15) is 0 Å². The van der Waals surface area contributed by atoms with Gasteiger partial charge in [-0.2, -0.15) is 18.2 Å². The third-order valence-electron chi connectivity index (χ3n) is 8.41. The first-order valence-electron chi connectivity index (χ1n) is 16.2. The molecule has 0 bridgehead atoms. The van der Waals surface area contributed by atoms with Crippen LogP contribution < -0.4 is 24.8 Å². The molecule has 0 fully saturated rings. The van der Waals surface area contributed by atoms with Crippen molar-refractivity contribution in [1.82, 2.24) is 0 Å². The van der Waals surface area contributed by atoms with E-state index in [2.05, 4.69) is 145 Å². The van der Waals surface area contributed by atoms with E-state index in [1.54, 1.807) is 12.1 Å². The molecule has 0 aliphatic carbocycles. The Kier molecular flexibility index (Phi) is 14.3. The van der Waals surface area contributed by atoms with Crippen LogP contribution in [0, 0.1) is 5.82 Å². The summed E-state index contributed by atoms with van der Waals surface area (Å²) in [5.41, 5.74) is 7.52. The Morgan fingerprint density at radius 2 is 1.00 bits per heavy atom. The summed E-state index contributed by atoms with van der Waals surface area (Å²) in [4.78, 5) is 0. The number of fused-ring (bicyclic) bond motifs is 3. The van der Waals surface area contributed by atoms with E-state index in [4.69, 9.17) is 0 Å². The van der Waals surface area contributed by atoms with Crippen molar-refractivity contribution < 1.29 is 53.1 Å². The number of benzene rings is 5. The zero-order valence-electron chi connectivity index (χ0n) is 29.1. The second-order valence-electron chi connectivity index (χ2n) is 14.0. The molecule has 0 saturated heterocycles. The average molecular weight is 852 g/mol. The molecule has 0 atom stereocenters. The van der Waals surface area contributed by atoms with Crippen molar-refractivity contribution in [3.05, 3.63) is 180 Å². The van der Waals surface area contributed by atoms with Gasteiger partial charge in [0.15, 0.2) is 0 Å². The Bertz CT molecular complexity index is 1950. The molecule has 0 N–H and O–H groups in total. The molecule has 0 saturated carbocycles. The summed E-state index contributed by atoms with van der Waals surface area (Å²) in [6.07, 6.45) is 0. The summed E-state index contributed by atoms with van der Waals surface area (Å²) in [5, 5.41) is 5.48. The summed E-state index contributed by atoms with van der Waals surface area (Å²) < 4.78 is 14.6. The van der Waals surface area contributed by atoms with Crippen LogP contribution in [0.4, 0.5) is 4.39 Å². The normalized spacial score (nSPS) is 11.0. The van der Waals surface area contributed by atoms with Gasteiger partial charge < -0.3 is 24.8 Å². The third kappa shape index (κ3) is 10.3. The maximum absolute atomic E-state index is 13.2. The molecule has 7 aromatic rings. The first-order valence-corrected chi connectivity index (χ1v) is 18.0. The molecule has 0 spiro atoms. The molecule has 0 aliphatic rings. The van der Waals surface area contributed by atoms with Gasteiger partial charge in [-0.15, -0.1) is 51.4 Å². The summed E-state index contributed by atoms with van der Waals surface area (Å²) in [6.45, 7) is 13.6. The molecule has 250 valence electrons. The standard InChI is InChI=1S/C21H25.C13H10.C11H8F.2ClH.Hf/c1-20(2,3)16-7-9-18-14(12-16)11-15-13-17(21(4,5)6)8-10-19(15)18;1-3-7-12(8-4-1)11-13-9-5-2-6-10-13;12-11-8-4-3-7-10(11)9-5-1-2-6-9;;;/h7-13H,1-6H3;1-10H;1-8H;2*1H;/q-1;;-1;;;+2/p-2. The Balaban J connectivity index is 0.000000204. The fourth-order valence-electron chi connectivity index (χ4n) is 5.58. The van der Waals surface area contributed by atoms with Crippen molar-refractivity contribution >= 4 is 24.8 Å². The molecule has 4 heteroatoms. The van der Waals surface area contributed by atoms with Gasteiger partial charge in [0.25, 0.3) is 0 Å². The van der Waals surface area contributed by atoms with Gasteiger partial charge in [0, 0.05) is 0 Å². The quantitative estimate of drug-likeness (QED) is 0.144. The third-order valence-corrected chi connectivity index (χ3v) is 10.5. The van der Waals surface area contributed by atoms with E-state index in [0.29, 0.717) is 5.56 Å². The Labute approximate surface area is 319 Å². The summed E-state index contributed by atoms with van der Waals surface area (Å²) in [7, 11) is 0. The SMILES string of the molecule is CC(C)(C)c1ccc2c(c1)[cH-]c1cc(C(C)(C)C)ccc12.Fc1ccccc1-c1ccc[cH-]1.[Cl-].[Cl-].[Hf+2]=[C](c1ccccc1)c1ccccc1. The molecular weight excluding hydrogens is 809 g/mol. The molecule has 7 rings (SSSR count). The Morgan fingerprint density at radius 3 is 1.41 bits per heavy atom. The van der Waals surface area contributed by atoms with E-state index in [9.17, 15) is 4.39 Å². The van der Waals surface area contributed by atoms with Crippen molar-refractivity contribution in [2.24, 2.45) is 0 Å². The van der Waals surface area contributed by atoms with E-state index in [1.807, 2.05) is 30.3 Å². The van der Waals surface area contributed by atoms with Crippen molar-refractivity contribution in [3.63, 3.8) is 0 Å². The predicted octanol–water partition coefficient (Wildman–Crippen LogP) is 6.33. The summed E-state index contributed by atoms with van der Waals surface area (Å²) in [6, 6.07) is 51.8. The van der Waals surface area contributed by atoms with Crippen LogP contribution in [0.2, 0.25) is 0 Å². The zero-order chi connectivity index (χ0) is 33.6. The van der Waals surface area contributed by atoms with Gasteiger partial charge in [-0.05, 0) is 16.9 Å². The molecule has 0 aliphatic heterocycles. The van der Waals surface area contributed by atoms with Crippen molar-refractivity contribution in [2.75, 3.05) is 0 Å². The molecule has 0 aromatic heterocycles. The molecule has 49 heavy (non-hydrogen) atoms. The summed E-state index contributed by atoms with van der Waals surface area (Å²) >= 11 is 1.08. The second kappa shape index (κ2) is 17.5. The Morgan fingerprint density at radius 1 is 0.551 bits per heavy atom. The van der Waals surface area contributed by atoms with Gasteiger partial charge >= 0.3 is 98.9 Å².